The summed E-state index contributed by atoms with van der Waals surface area (Å²) in [7, 11) is 0. The number of amides is 1. The number of hydrogen-bond acceptors (Lipinski definition) is 4. The number of hydrogen-bond donors (Lipinski definition) is 1. The van der Waals surface area contributed by atoms with E-state index in [9.17, 15) is 14.0 Å². The zero-order valence-electron chi connectivity index (χ0n) is 14.4. The third-order valence-electron chi connectivity index (χ3n) is 3.95. The largest absolute Gasteiger partial charge is 0.459 e. The molecule has 0 saturated heterocycles. The van der Waals surface area contributed by atoms with Crippen molar-refractivity contribution in [2.75, 3.05) is 5.32 Å². The van der Waals surface area contributed by atoms with Crippen molar-refractivity contribution >= 4 is 28.2 Å². The van der Waals surface area contributed by atoms with Gasteiger partial charge in [0.1, 0.15) is 16.4 Å². The summed E-state index contributed by atoms with van der Waals surface area (Å²) in [5, 5.41) is 3.37. The molecular formula is C19H20FNO3S. The van der Waals surface area contributed by atoms with Crippen LogP contribution >= 0.6 is 11.3 Å². The second kappa shape index (κ2) is 6.96. The second-order valence-corrected chi connectivity index (χ2v) is 7.69. The number of benzene rings is 1. The van der Waals surface area contributed by atoms with Gasteiger partial charge in [-0.15, -0.1) is 11.3 Å². The van der Waals surface area contributed by atoms with Gasteiger partial charge in [-0.2, -0.15) is 0 Å². The van der Waals surface area contributed by atoms with E-state index < -0.39 is 5.97 Å². The van der Waals surface area contributed by atoms with Crippen molar-refractivity contribution in [3.05, 3.63) is 40.5 Å². The summed E-state index contributed by atoms with van der Waals surface area (Å²) in [5.41, 5.74) is 1.75. The predicted molar refractivity (Wildman–Crippen MR) is 96.4 cm³/mol. The highest BCUT2D eigenvalue weighted by Crippen LogP contribution is 2.41. The minimum absolute atomic E-state index is 0.0330. The summed E-state index contributed by atoms with van der Waals surface area (Å²) in [6.45, 7) is 5.43. The Morgan fingerprint density at radius 3 is 2.44 bits per heavy atom. The fraction of sp³-hybridized carbons (Fsp3) is 0.368. The smallest absolute Gasteiger partial charge is 0.342 e. The lowest BCUT2D eigenvalue weighted by Crippen LogP contribution is -2.17. The van der Waals surface area contributed by atoms with Gasteiger partial charge in [0, 0.05) is 16.4 Å². The van der Waals surface area contributed by atoms with Crippen molar-refractivity contribution in [1.29, 1.82) is 0 Å². The molecule has 2 aromatic rings. The normalized spacial score (nSPS) is 13.8. The molecule has 1 aliphatic rings. The van der Waals surface area contributed by atoms with E-state index in [0.717, 1.165) is 23.3 Å². The maximum Gasteiger partial charge on any atom is 0.342 e. The van der Waals surface area contributed by atoms with Crippen molar-refractivity contribution in [1.82, 2.24) is 0 Å². The number of anilines is 1. The molecule has 0 aliphatic heterocycles. The van der Waals surface area contributed by atoms with Crippen molar-refractivity contribution in [2.24, 2.45) is 5.92 Å². The molecule has 4 nitrogen and oxygen atoms in total. The van der Waals surface area contributed by atoms with Gasteiger partial charge in [-0.05, 0) is 51.3 Å². The molecule has 6 heteroatoms. The van der Waals surface area contributed by atoms with Gasteiger partial charge in [0.2, 0.25) is 5.91 Å². The fourth-order valence-electron chi connectivity index (χ4n) is 2.62. The van der Waals surface area contributed by atoms with E-state index in [4.69, 9.17) is 4.74 Å². The van der Waals surface area contributed by atoms with Crippen LogP contribution in [0.1, 0.15) is 41.9 Å². The van der Waals surface area contributed by atoms with E-state index in [-0.39, 0.29) is 23.7 Å². The molecule has 0 spiro atoms. The van der Waals surface area contributed by atoms with Gasteiger partial charge < -0.3 is 10.1 Å². The molecule has 1 fully saturated rings. The molecule has 0 bridgehead atoms. The van der Waals surface area contributed by atoms with E-state index in [1.807, 2.05) is 6.92 Å². The van der Waals surface area contributed by atoms with E-state index >= 15 is 0 Å². The van der Waals surface area contributed by atoms with Gasteiger partial charge in [0.25, 0.3) is 0 Å². The number of aryl methyl sites for hydroxylation is 1. The van der Waals surface area contributed by atoms with E-state index in [1.54, 1.807) is 26.0 Å². The minimum Gasteiger partial charge on any atom is -0.459 e. The molecule has 0 atom stereocenters. The summed E-state index contributed by atoms with van der Waals surface area (Å²) < 4.78 is 18.6. The Morgan fingerprint density at radius 1 is 1.24 bits per heavy atom. The van der Waals surface area contributed by atoms with Crippen molar-refractivity contribution < 1.29 is 18.7 Å². The molecule has 1 aliphatic carbocycles. The number of carbonyl (C=O) groups is 2. The number of halogens is 1. The maximum atomic E-state index is 13.3. The summed E-state index contributed by atoms with van der Waals surface area (Å²) in [4.78, 5) is 25.7. The van der Waals surface area contributed by atoms with Crippen LogP contribution in [0.4, 0.5) is 9.39 Å². The summed E-state index contributed by atoms with van der Waals surface area (Å²) in [5.74, 6) is -0.855. The number of carbonyl (C=O) groups excluding carboxylic acids is 2. The Hall–Kier alpha value is -2.21. The Labute approximate surface area is 150 Å². The lowest BCUT2D eigenvalue weighted by atomic mass is 10.0. The van der Waals surface area contributed by atoms with Gasteiger partial charge in [0.05, 0.1) is 6.10 Å². The van der Waals surface area contributed by atoms with Crippen LogP contribution in [0.2, 0.25) is 0 Å². The topological polar surface area (TPSA) is 55.4 Å². The number of thiophene rings is 1. The summed E-state index contributed by atoms with van der Waals surface area (Å²) in [6.07, 6.45) is 1.49. The lowest BCUT2D eigenvalue weighted by Gasteiger charge is -2.12. The lowest BCUT2D eigenvalue weighted by molar-refractivity contribution is -0.117. The second-order valence-electron chi connectivity index (χ2n) is 6.46. The van der Waals surface area contributed by atoms with Gasteiger partial charge in [-0.3, -0.25) is 4.79 Å². The molecule has 1 amide bonds. The molecule has 0 unspecified atom stereocenters. The molecule has 3 rings (SSSR count). The fourth-order valence-corrected chi connectivity index (χ4v) is 3.69. The summed E-state index contributed by atoms with van der Waals surface area (Å²) in [6, 6.07) is 5.96. The van der Waals surface area contributed by atoms with Gasteiger partial charge in [-0.25, -0.2) is 9.18 Å². The molecule has 1 aromatic heterocycles. The molecule has 1 N–H and O–H groups in total. The monoisotopic (exact) mass is 361 g/mol. The maximum absolute atomic E-state index is 13.3. The van der Waals surface area contributed by atoms with Crippen molar-refractivity contribution in [3.8, 4) is 11.1 Å². The molecule has 1 aromatic carbocycles. The zero-order valence-corrected chi connectivity index (χ0v) is 15.2. The first-order valence-corrected chi connectivity index (χ1v) is 9.09. The minimum atomic E-state index is -0.482. The van der Waals surface area contributed by atoms with E-state index in [2.05, 4.69) is 5.32 Å². The average molecular weight is 361 g/mol. The van der Waals surface area contributed by atoms with Crippen LogP contribution in [-0.4, -0.2) is 18.0 Å². The quantitative estimate of drug-likeness (QED) is 0.780. The van der Waals surface area contributed by atoms with E-state index in [1.165, 1.54) is 23.5 Å². The molecule has 1 heterocycles. The first-order chi connectivity index (χ1) is 11.9. The molecule has 1 saturated carbocycles. The van der Waals surface area contributed by atoms with Gasteiger partial charge in [-0.1, -0.05) is 12.1 Å². The molecular weight excluding hydrogens is 341 g/mol. The average Bonchev–Trinajstić information content (AvgIpc) is 3.32. The van der Waals surface area contributed by atoms with Crippen molar-refractivity contribution in [2.45, 2.75) is 39.7 Å². The molecule has 132 valence electrons. The first-order valence-electron chi connectivity index (χ1n) is 8.28. The number of esters is 1. The predicted octanol–water partition coefficient (Wildman–Crippen LogP) is 4.78. The third kappa shape index (κ3) is 3.90. The first kappa shape index (κ1) is 17.6. The summed E-state index contributed by atoms with van der Waals surface area (Å²) >= 11 is 1.34. The SMILES string of the molecule is Cc1sc(NC(=O)C2CC2)c(C(=O)OC(C)C)c1-c1ccc(F)cc1. The van der Waals surface area contributed by atoms with Crippen LogP contribution in [0.15, 0.2) is 24.3 Å². The van der Waals surface area contributed by atoms with Crippen LogP contribution in [-0.2, 0) is 9.53 Å². The number of nitrogens with one attached hydrogen (secondary N) is 1. The highest BCUT2D eigenvalue weighted by molar-refractivity contribution is 7.17. The number of rotatable bonds is 5. The Kier molecular flexibility index (Phi) is 4.90. The Bertz CT molecular complexity index is 807. The van der Waals surface area contributed by atoms with Crippen LogP contribution in [0, 0.1) is 18.7 Å². The van der Waals surface area contributed by atoms with Crippen LogP contribution in [0.5, 0.6) is 0 Å². The molecule has 25 heavy (non-hydrogen) atoms. The van der Waals surface area contributed by atoms with Crippen LogP contribution in [0.3, 0.4) is 0 Å². The van der Waals surface area contributed by atoms with Crippen LogP contribution in [0.25, 0.3) is 11.1 Å². The standard InChI is InChI=1S/C19H20FNO3S/c1-10(2)24-19(23)16-15(12-6-8-14(20)9-7-12)11(3)25-18(16)21-17(22)13-4-5-13/h6-10,13H,4-5H2,1-3H3,(H,21,22). The number of ether oxygens (including phenoxy) is 1. The molecule has 0 radical (unpaired) electrons. The third-order valence-corrected chi connectivity index (χ3v) is 4.97. The van der Waals surface area contributed by atoms with Gasteiger partial charge >= 0.3 is 5.97 Å². The highest BCUT2D eigenvalue weighted by atomic mass is 32.1. The zero-order chi connectivity index (χ0) is 18.1. The van der Waals surface area contributed by atoms with Gasteiger partial charge in [0.15, 0.2) is 0 Å². The van der Waals surface area contributed by atoms with Crippen molar-refractivity contribution in [3.63, 3.8) is 0 Å². The Balaban J connectivity index is 2.05. The van der Waals surface area contributed by atoms with E-state index in [0.29, 0.717) is 16.1 Å². The van der Waals surface area contributed by atoms with Crippen LogP contribution < -0.4 is 5.32 Å². The Morgan fingerprint density at radius 2 is 1.88 bits per heavy atom. The highest BCUT2D eigenvalue weighted by Gasteiger charge is 2.32.